The standard InChI is InChI=1S/C15H21FN2O2/c1-11(20-2)12-4-5-14(16)13(10-12)15(19)18-8-3-6-17-7-9-18/h4-5,10-11,17H,3,6-9H2,1-2H3. The largest absolute Gasteiger partial charge is 0.377 e. The lowest BCUT2D eigenvalue weighted by Crippen LogP contribution is -2.34. The molecule has 1 aromatic carbocycles. The molecule has 0 aromatic heterocycles. The number of hydrogen-bond acceptors (Lipinski definition) is 3. The van der Waals surface area contributed by atoms with Crippen LogP contribution in [0.5, 0.6) is 0 Å². The lowest BCUT2D eigenvalue weighted by Gasteiger charge is -2.21. The molecule has 0 spiro atoms. The molecule has 1 atom stereocenters. The maximum atomic E-state index is 13.9. The molecule has 2 rings (SSSR count). The summed E-state index contributed by atoms with van der Waals surface area (Å²) in [6.45, 7) is 4.80. The topological polar surface area (TPSA) is 41.6 Å². The first-order chi connectivity index (χ1) is 9.63. The smallest absolute Gasteiger partial charge is 0.256 e. The van der Waals surface area contributed by atoms with Crippen LogP contribution < -0.4 is 5.32 Å². The van der Waals surface area contributed by atoms with Crippen LogP contribution in [-0.4, -0.2) is 44.1 Å². The van der Waals surface area contributed by atoms with Crippen molar-refractivity contribution in [1.29, 1.82) is 0 Å². The maximum Gasteiger partial charge on any atom is 0.256 e. The molecule has 0 bridgehead atoms. The van der Waals surface area contributed by atoms with E-state index in [1.54, 1.807) is 24.1 Å². The first kappa shape index (κ1) is 14.9. The summed E-state index contributed by atoms with van der Waals surface area (Å²) in [7, 11) is 1.59. The Bertz CT molecular complexity index is 471. The van der Waals surface area contributed by atoms with E-state index in [2.05, 4.69) is 5.32 Å². The Hall–Kier alpha value is -1.46. The molecule has 1 fully saturated rings. The van der Waals surface area contributed by atoms with Crippen LogP contribution in [0, 0.1) is 5.82 Å². The van der Waals surface area contributed by atoms with E-state index < -0.39 is 5.82 Å². The van der Waals surface area contributed by atoms with Gasteiger partial charge in [-0.05, 0) is 37.6 Å². The molecule has 20 heavy (non-hydrogen) atoms. The van der Waals surface area contributed by atoms with Gasteiger partial charge < -0.3 is 15.0 Å². The van der Waals surface area contributed by atoms with Crippen molar-refractivity contribution in [2.45, 2.75) is 19.4 Å². The summed E-state index contributed by atoms with van der Waals surface area (Å²) in [6, 6.07) is 4.60. The first-order valence-electron chi connectivity index (χ1n) is 6.95. The van der Waals surface area contributed by atoms with Crippen LogP contribution in [-0.2, 0) is 4.74 Å². The number of ether oxygens (including phenoxy) is 1. The van der Waals surface area contributed by atoms with Crippen molar-refractivity contribution in [3.8, 4) is 0 Å². The van der Waals surface area contributed by atoms with Crippen LogP contribution in [0.2, 0.25) is 0 Å². The minimum absolute atomic E-state index is 0.133. The molecule has 1 unspecified atom stereocenters. The van der Waals surface area contributed by atoms with Gasteiger partial charge in [-0.15, -0.1) is 0 Å². The van der Waals surface area contributed by atoms with Gasteiger partial charge in [0.15, 0.2) is 0 Å². The molecule has 0 radical (unpaired) electrons. The number of nitrogens with zero attached hydrogens (tertiary/aromatic N) is 1. The summed E-state index contributed by atoms with van der Waals surface area (Å²) in [5.41, 5.74) is 0.943. The van der Waals surface area contributed by atoms with Crippen LogP contribution in [0.4, 0.5) is 4.39 Å². The third-order valence-corrected chi connectivity index (χ3v) is 3.67. The average Bonchev–Trinajstić information content (AvgIpc) is 2.75. The molecule has 1 amide bonds. The van der Waals surface area contributed by atoms with E-state index in [-0.39, 0.29) is 17.6 Å². The van der Waals surface area contributed by atoms with E-state index in [0.717, 1.165) is 25.1 Å². The number of hydrogen-bond donors (Lipinski definition) is 1. The van der Waals surface area contributed by atoms with E-state index in [9.17, 15) is 9.18 Å². The Morgan fingerprint density at radius 3 is 2.95 bits per heavy atom. The minimum atomic E-state index is -0.473. The number of carbonyl (C=O) groups is 1. The van der Waals surface area contributed by atoms with Gasteiger partial charge in [-0.2, -0.15) is 0 Å². The summed E-state index contributed by atoms with van der Waals surface area (Å²) in [6.07, 6.45) is 0.731. The van der Waals surface area contributed by atoms with E-state index in [1.807, 2.05) is 6.92 Å². The van der Waals surface area contributed by atoms with Crippen LogP contribution in [0.25, 0.3) is 0 Å². The fourth-order valence-corrected chi connectivity index (χ4v) is 2.31. The summed E-state index contributed by atoms with van der Waals surface area (Å²) >= 11 is 0. The number of methoxy groups -OCH3 is 1. The van der Waals surface area contributed by atoms with Gasteiger partial charge in [-0.1, -0.05) is 6.07 Å². The van der Waals surface area contributed by atoms with Crippen LogP contribution in [0.3, 0.4) is 0 Å². The third kappa shape index (κ3) is 3.35. The van der Waals surface area contributed by atoms with Crippen molar-refractivity contribution in [3.05, 3.63) is 35.1 Å². The van der Waals surface area contributed by atoms with Crippen LogP contribution >= 0.6 is 0 Å². The summed E-state index contributed by atoms with van der Waals surface area (Å²) < 4.78 is 19.2. The second-order valence-electron chi connectivity index (χ2n) is 5.01. The number of halogens is 1. The summed E-state index contributed by atoms with van der Waals surface area (Å²) in [5, 5.41) is 3.23. The molecule has 110 valence electrons. The fourth-order valence-electron chi connectivity index (χ4n) is 2.31. The molecule has 0 saturated carbocycles. The highest BCUT2D eigenvalue weighted by Crippen LogP contribution is 2.20. The Morgan fingerprint density at radius 2 is 2.20 bits per heavy atom. The van der Waals surface area contributed by atoms with Crippen molar-refractivity contribution in [2.24, 2.45) is 0 Å². The monoisotopic (exact) mass is 280 g/mol. The van der Waals surface area contributed by atoms with Gasteiger partial charge in [0.25, 0.3) is 5.91 Å². The van der Waals surface area contributed by atoms with Gasteiger partial charge in [0.1, 0.15) is 5.82 Å². The molecule has 1 aliphatic heterocycles. The molecule has 1 N–H and O–H groups in total. The van der Waals surface area contributed by atoms with Crippen molar-refractivity contribution in [2.75, 3.05) is 33.3 Å². The number of amides is 1. The predicted octanol–water partition coefficient (Wildman–Crippen LogP) is 1.97. The third-order valence-electron chi connectivity index (χ3n) is 3.67. The number of rotatable bonds is 3. The summed E-state index contributed by atoms with van der Waals surface area (Å²) in [5.74, 6) is -0.712. The van der Waals surface area contributed by atoms with Gasteiger partial charge >= 0.3 is 0 Å². The van der Waals surface area contributed by atoms with Crippen molar-refractivity contribution in [3.63, 3.8) is 0 Å². The van der Waals surface area contributed by atoms with Gasteiger partial charge in [0.2, 0.25) is 0 Å². The maximum absolute atomic E-state index is 13.9. The van der Waals surface area contributed by atoms with Gasteiger partial charge in [0.05, 0.1) is 11.7 Å². The molecule has 0 aliphatic carbocycles. The van der Waals surface area contributed by atoms with Crippen LogP contribution in [0.15, 0.2) is 18.2 Å². The molecular formula is C15H21FN2O2. The van der Waals surface area contributed by atoms with Gasteiger partial charge in [0, 0.05) is 26.7 Å². The summed E-state index contributed by atoms with van der Waals surface area (Å²) in [4.78, 5) is 14.2. The normalized spacial score (nSPS) is 17.6. The van der Waals surface area contributed by atoms with Crippen molar-refractivity contribution >= 4 is 5.91 Å². The van der Waals surface area contributed by atoms with E-state index >= 15 is 0 Å². The number of carbonyl (C=O) groups excluding carboxylic acids is 1. The van der Waals surface area contributed by atoms with Crippen LogP contribution in [0.1, 0.15) is 35.4 Å². The number of benzene rings is 1. The minimum Gasteiger partial charge on any atom is -0.377 e. The zero-order valence-corrected chi connectivity index (χ0v) is 12.0. The molecule has 1 aliphatic rings. The molecule has 1 saturated heterocycles. The van der Waals surface area contributed by atoms with Crippen molar-refractivity contribution in [1.82, 2.24) is 10.2 Å². The second kappa shape index (κ2) is 6.81. The van der Waals surface area contributed by atoms with E-state index in [4.69, 9.17) is 4.74 Å². The Balaban J connectivity index is 2.23. The average molecular weight is 280 g/mol. The lowest BCUT2D eigenvalue weighted by atomic mass is 10.1. The second-order valence-corrected chi connectivity index (χ2v) is 5.01. The molecule has 5 heteroatoms. The predicted molar refractivity (Wildman–Crippen MR) is 75.2 cm³/mol. The zero-order valence-electron chi connectivity index (χ0n) is 12.0. The Kier molecular flexibility index (Phi) is 5.09. The quantitative estimate of drug-likeness (QED) is 0.920. The highest BCUT2D eigenvalue weighted by atomic mass is 19.1. The fraction of sp³-hybridized carbons (Fsp3) is 0.533. The lowest BCUT2D eigenvalue weighted by molar-refractivity contribution is 0.0760. The Labute approximate surface area is 118 Å². The highest BCUT2D eigenvalue weighted by Gasteiger charge is 2.21. The molecule has 4 nitrogen and oxygen atoms in total. The number of nitrogens with one attached hydrogen (secondary N) is 1. The Morgan fingerprint density at radius 1 is 1.40 bits per heavy atom. The molecular weight excluding hydrogens is 259 g/mol. The zero-order chi connectivity index (χ0) is 14.5. The first-order valence-corrected chi connectivity index (χ1v) is 6.95. The van der Waals surface area contributed by atoms with Gasteiger partial charge in [-0.3, -0.25) is 4.79 Å². The molecule has 1 aromatic rings. The van der Waals surface area contributed by atoms with Gasteiger partial charge in [-0.25, -0.2) is 4.39 Å². The SMILES string of the molecule is COC(C)c1ccc(F)c(C(=O)N2CCCNCC2)c1. The van der Waals surface area contributed by atoms with Crippen molar-refractivity contribution < 1.29 is 13.9 Å². The van der Waals surface area contributed by atoms with E-state index in [0.29, 0.717) is 13.1 Å². The molecule has 1 heterocycles. The van der Waals surface area contributed by atoms with E-state index in [1.165, 1.54) is 6.07 Å². The highest BCUT2D eigenvalue weighted by molar-refractivity contribution is 5.94.